The van der Waals surface area contributed by atoms with Crippen molar-refractivity contribution in [2.24, 2.45) is 5.92 Å². The van der Waals surface area contributed by atoms with Crippen LogP contribution in [0.4, 0.5) is 10.2 Å². The van der Waals surface area contributed by atoms with Crippen molar-refractivity contribution in [3.8, 4) is 16.9 Å². The molecule has 0 aliphatic carbocycles. The van der Waals surface area contributed by atoms with Gasteiger partial charge in [-0.25, -0.2) is 17.5 Å². The number of carbonyl (C=O) groups excluding carboxylic acids is 1. The molecule has 3 aromatic carbocycles. The first-order chi connectivity index (χ1) is 19.3. The van der Waals surface area contributed by atoms with Gasteiger partial charge in [0.15, 0.2) is 0 Å². The summed E-state index contributed by atoms with van der Waals surface area (Å²) in [6.07, 6.45) is 0.595. The van der Waals surface area contributed by atoms with Crippen molar-refractivity contribution in [2.45, 2.75) is 51.3 Å². The van der Waals surface area contributed by atoms with Crippen LogP contribution in [0.3, 0.4) is 0 Å². The maximum absolute atomic E-state index is 13.7. The molecule has 1 aromatic heterocycles. The molecular weight excluding hydrogens is 539 g/mol. The van der Waals surface area contributed by atoms with Gasteiger partial charge in [0, 0.05) is 18.2 Å². The lowest BCUT2D eigenvalue weighted by atomic mass is 9.87. The molecule has 0 unspecified atom stereocenters. The Balaban J connectivity index is 1.63. The number of hydrogen-bond acceptors (Lipinski definition) is 4. The Labute approximate surface area is 242 Å². The first-order valence-corrected chi connectivity index (χ1v) is 15.1. The number of benzene rings is 3. The van der Waals surface area contributed by atoms with Crippen molar-refractivity contribution in [2.75, 3.05) is 18.4 Å². The van der Waals surface area contributed by atoms with Crippen LogP contribution >= 0.6 is 0 Å². The van der Waals surface area contributed by atoms with Gasteiger partial charge in [0.2, 0.25) is 15.9 Å². The molecule has 0 fully saturated rings. The van der Waals surface area contributed by atoms with Crippen LogP contribution < -0.4 is 5.32 Å². The summed E-state index contributed by atoms with van der Waals surface area (Å²) in [5.74, 6) is -0.314. The Hall–Kier alpha value is -3.82. The molecule has 7 nitrogen and oxygen atoms in total. The molecule has 4 rings (SSSR count). The van der Waals surface area contributed by atoms with Gasteiger partial charge in [-0.05, 0) is 59.7 Å². The molecule has 1 heterocycles. The molecule has 0 atom stereocenters. The van der Waals surface area contributed by atoms with Crippen molar-refractivity contribution >= 4 is 21.7 Å². The molecule has 0 aliphatic rings. The summed E-state index contributed by atoms with van der Waals surface area (Å²) in [6, 6.07) is 23.8. The van der Waals surface area contributed by atoms with Crippen molar-refractivity contribution in [1.29, 1.82) is 0 Å². The van der Waals surface area contributed by atoms with Crippen molar-refractivity contribution in [1.82, 2.24) is 14.1 Å². The first-order valence-electron chi connectivity index (χ1n) is 13.7. The fourth-order valence-electron chi connectivity index (χ4n) is 4.30. The number of sulfonamides is 1. The van der Waals surface area contributed by atoms with E-state index >= 15 is 0 Å². The molecule has 4 aromatic rings. The Morgan fingerprint density at radius 3 is 2.20 bits per heavy atom. The van der Waals surface area contributed by atoms with Gasteiger partial charge < -0.3 is 5.32 Å². The molecule has 1 amide bonds. The number of halogens is 1. The molecule has 216 valence electrons. The second kappa shape index (κ2) is 12.4. The number of aromatic nitrogens is 2. The number of rotatable bonds is 10. The molecule has 41 heavy (non-hydrogen) atoms. The lowest BCUT2D eigenvalue weighted by Gasteiger charge is -2.24. The Morgan fingerprint density at radius 1 is 0.976 bits per heavy atom. The molecule has 1 N–H and O–H groups in total. The fourth-order valence-corrected chi connectivity index (χ4v) is 5.72. The summed E-state index contributed by atoms with van der Waals surface area (Å²) in [5, 5.41) is 7.49. The molecule has 0 saturated carbocycles. The average Bonchev–Trinajstić information content (AvgIpc) is 3.35. The van der Waals surface area contributed by atoms with Crippen LogP contribution in [0.15, 0.2) is 89.8 Å². The first kappa shape index (κ1) is 30.1. The van der Waals surface area contributed by atoms with Gasteiger partial charge >= 0.3 is 0 Å². The number of nitrogens with zero attached hydrogens (tertiary/aromatic N) is 3. The highest BCUT2D eigenvalue weighted by Crippen LogP contribution is 2.27. The maximum Gasteiger partial charge on any atom is 0.243 e. The molecule has 0 saturated heterocycles. The van der Waals surface area contributed by atoms with Crippen LogP contribution in [-0.2, 0) is 20.2 Å². The van der Waals surface area contributed by atoms with Gasteiger partial charge in [-0.3, -0.25) is 4.79 Å². The Kier molecular flexibility index (Phi) is 9.09. The van der Waals surface area contributed by atoms with Gasteiger partial charge in [0.25, 0.3) is 0 Å². The minimum Gasteiger partial charge on any atom is -0.309 e. The number of hydrogen-bond donors (Lipinski definition) is 1. The van der Waals surface area contributed by atoms with Crippen molar-refractivity contribution in [3.63, 3.8) is 0 Å². The van der Waals surface area contributed by atoms with Crippen LogP contribution in [0.25, 0.3) is 16.9 Å². The van der Waals surface area contributed by atoms with E-state index in [2.05, 4.69) is 31.2 Å². The topological polar surface area (TPSA) is 84.3 Å². The third-order valence-electron chi connectivity index (χ3n) is 6.75. The predicted molar refractivity (Wildman–Crippen MR) is 161 cm³/mol. The Bertz CT molecular complexity index is 1570. The quantitative estimate of drug-likeness (QED) is 0.229. The summed E-state index contributed by atoms with van der Waals surface area (Å²) < 4.78 is 43.8. The van der Waals surface area contributed by atoms with Crippen LogP contribution in [0, 0.1) is 11.7 Å². The van der Waals surface area contributed by atoms with Gasteiger partial charge in [-0.15, -0.1) is 0 Å². The molecule has 0 radical (unpaired) electrons. The highest BCUT2D eigenvalue weighted by Gasteiger charge is 2.28. The standard InChI is InChI=1S/C32H37FN4O3S/c1-23(2)19-20-36(41(39,40)28-17-11-25(12-18-28)32(3,4)5)22-31(38)34-30-21-29(24-9-7-6-8-10-24)35-37(30)27-15-13-26(33)14-16-27/h6-18,21,23H,19-20,22H2,1-5H3,(H,34,38). The summed E-state index contributed by atoms with van der Waals surface area (Å²) in [5.41, 5.74) is 2.89. The lowest BCUT2D eigenvalue weighted by Crippen LogP contribution is -2.39. The zero-order valence-electron chi connectivity index (χ0n) is 24.1. The third-order valence-corrected chi connectivity index (χ3v) is 8.61. The summed E-state index contributed by atoms with van der Waals surface area (Å²) in [6.45, 7) is 10.0. The predicted octanol–water partition coefficient (Wildman–Crippen LogP) is 6.65. The van der Waals surface area contributed by atoms with E-state index in [0.717, 1.165) is 11.1 Å². The van der Waals surface area contributed by atoms with Crippen LogP contribution in [0.1, 0.15) is 46.6 Å². The van der Waals surface area contributed by atoms with Gasteiger partial charge in [0.1, 0.15) is 11.6 Å². The van der Waals surface area contributed by atoms with E-state index in [1.807, 2.05) is 56.3 Å². The molecular formula is C32H37FN4O3S. The molecule has 9 heteroatoms. The second-order valence-corrected chi connectivity index (χ2v) is 13.5. The van der Waals surface area contributed by atoms with Crippen LogP contribution in [-0.4, -0.2) is 41.5 Å². The largest absolute Gasteiger partial charge is 0.309 e. The number of nitrogens with one attached hydrogen (secondary N) is 1. The second-order valence-electron chi connectivity index (χ2n) is 11.5. The summed E-state index contributed by atoms with van der Waals surface area (Å²) >= 11 is 0. The molecule has 0 bridgehead atoms. The summed E-state index contributed by atoms with van der Waals surface area (Å²) in [7, 11) is -3.94. The number of carbonyl (C=O) groups is 1. The number of amides is 1. The van der Waals surface area contributed by atoms with E-state index in [1.54, 1.807) is 30.3 Å². The normalized spacial score (nSPS) is 12.2. The summed E-state index contributed by atoms with van der Waals surface area (Å²) in [4.78, 5) is 13.5. The van der Waals surface area contributed by atoms with Crippen LogP contribution in [0.2, 0.25) is 0 Å². The van der Waals surface area contributed by atoms with Crippen LogP contribution in [0.5, 0.6) is 0 Å². The van der Waals surface area contributed by atoms with E-state index < -0.39 is 21.7 Å². The zero-order chi connectivity index (χ0) is 29.8. The lowest BCUT2D eigenvalue weighted by molar-refractivity contribution is -0.116. The van der Waals surface area contributed by atoms with Gasteiger partial charge in [-0.2, -0.15) is 9.40 Å². The molecule has 0 aliphatic heterocycles. The highest BCUT2D eigenvalue weighted by molar-refractivity contribution is 7.89. The smallest absolute Gasteiger partial charge is 0.243 e. The van der Waals surface area contributed by atoms with Crippen molar-refractivity contribution in [3.05, 3.63) is 96.3 Å². The average molecular weight is 577 g/mol. The van der Waals surface area contributed by atoms with E-state index in [-0.39, 0.29) is 29.3 Å². The van der Waals surface area contributed by atoms with E-state index in [0.29, 0.717) is 23.6 Å². The Morgan fingerprint density at radius 2 is 1.61 bits per heavy atom. The van der Waals surface area contributed by atoms with E-state index in [4.69, 9.17) is 0 Å². The zero-order valence-corrected chi connectivity index (χ0v) is 25.0. The van der Waals surface area contributed by atoms with E-state index in [1.165, 1.54) is 21.1 Å². The monoisotopic (exact) mass is 576 g/mol. The van der Waals surface area contributed by atoms with E-state index in [9.17, 15) is 17.6 Å². The van der Waals surface area contributed by atoms with Gasteiger partial charge in [-0.1, -0.05) is 77.1 Å². The minimum absolute atomic E-state index is 0.119. The fraction of sp³-hybridized carbons (Fsp3) is 0.312. The van der Waals surface area contributed by atoms with Crippen molar-refractivity contribution < 1.29 is 17.6 Å². The SMILES string of the molecule is CC(C)CCN(CC(=O)Nc1cc(-c2ccccc2)nn1-c1ccc(F)cc1)S(=O)(=O)c1ccc(C(C)(C)C)cc1. The maximum atomic E-state index is 13.7. The number of anilines is 1. The molecule has 0 spiro atoms. The van der Waals surface area contributed by atoms with Gasteiger partial charge in [0.05, 0.1) is 22.8 Å². The highest BCUT2D eigenvalue weighted by atomic mass is 32.2. The minimum atomic E-state index is -3.94. The third kappa shape index (κ3) is 7.48.